The molecule has 1 aliphatic heterocycles. The molecule has 0 unspecified atom stereocenters. The Kier molecular flexibility index (Phi) is 5.27. The zero-order valence-electron chi connectivity index (χ0n) is 13.0. The summed E-state index contributed by atoms with van der Waals surface area (Å²) < 4.78 is 5.25. The molecule has 1 saturated heterocycles. The Labute approximate surface area is 126 Å². The second-order valence-electron chi connectivity index (χ2n) is 6.18. The zero-order chi connectivity index (χ0) is 14.6. The summed E-state index contributed by atoms with van der Waals surface area (Å²) in [5.74, 6) is 4.38. The summed E-state index contributed by atoms with van der Waals surface area (Å²) in [5.41, 5.74) is 0.929. The molecule has 1 aromatic heterocycles. The van der Waals surface area contributed by atoms with Gasteiger partial charge in [-0.15, -0.1) is 0 Å². The van der Waals surface area contributed by atoms with E-state index in [1.165, 1.54) is 17.9 Å². The molecule has 0 bridgehead atoms. The third-order valence-electron chi connectivity index (χ3n) is 3.27. The number of methoxy groups -OCH3 is 1. The van der Waals surface area contributed by atoms with Crippen LogP contribution < -0.4 is 4.90 Å². The maximum atomic E-state index is 5.25. The van der Waals surface area contributed by atoms with E-state index < -0.39 is 0 Å². The van der Waals surface area contributed by atoms with Crippen molar-refractivity contribution in [3.8, 4) is 0 Å². The highest BCUT2D eigenvalue weighted by Gasteiger charge is 2.21. The van der Waals surface area contributed by atoms with Crippen LogP contribution in [0.3, 0.4) is 0 Å². The van der Waals surface area contributed by atoms with Crippen molar-refractivity contribution in [1.29, 1.82) is 0 Å². The van der Waals surface area contributed by atoms with E-state index in [-0.39, 0.29) is 5.41 Å². The fourth-order valence-corrected chi connectivity index (χ4v) is 3.06. The highest BCUT2D eigenvalue weighted by molar-refractivity contribution is 7.99. The molecule has 20 heavy (non-hydrogen) atoms. The Morgan fingerprint density at radius 2 is 2.05 bits per heavy atom. The van der Waals surface area contributed by atoms with Gasteiger partial charge < -0.3 is 9.64 Å². The minimum absolute atomic E-state index is 0.0426. The molecule has 0 spiro atoms. The van der Waals surface area contributed by atoms with Crippen LogP contribution >= 0.6 is 11.8 Å². The van der Waals surface area contributed by atoms with E-state index in [1.807, 2.05) is 11.8 Å². The van der Waals surface area contributed by atoms with E-state index in [9.17, 15) is 0 Å². The van der Waals surface area contributed by atoms with Crippen molar-refractivity contribution in [1.82, 2.24) is 9.97 Å². The minimum atomic E-state index is -0.0426. The SMILES string of the molecule is COCc1cc(N2CCCSCC2)nc(C(C)(C)C)n1. The Morgan fingerprint density at radius 3 is 2.75 bits per heavy atom. The van der Waals surface area contributed by atoms with Gasteiger partial charge in [-0.1, -0.05) is 20.8 Å². The second kappa shape index (κ2) is 6.76. The number of hydrogen-bond acceptors (Lipinski definition) is 5. The van der Waals surface area contributed by atoms with Gasteiger partial charge in [-0.3, -0.25) is 0 Å². The first-order chi connectivity index (χ1) is 9.50. The lowest BCUT2D eigenvalue weighted by atomic mass is 9.95. The van der Waals surface area contributed by atoms with Gasteiger partial charge >= 0.3 is 0 Å². The lowest BCUT2D eigenvalue weighted by molar-refractivity contribution is 0.181. The molecule has 4 nitrogen and oxygen atoms in total. The van der Waals surface area contributed by atoms with Crippen molar-refractivity contribution >= 4 is 17.6 Å². The summed E-state index contributed by atoms with van der Waals surface area (Å²) in [6.45, 7) is 9.15. The molecule has 1 aromatic rings. The monoisotopic (exact) mass is 295 g/mol. The van der Waals surface area contributed by atoms with Crippen LogP contribution in [0.4, 0.5) is 5.82 Å². The Balaban J connectivity index is 2.32. The van der Waals surface area contributed by atoms with Gasteiger partial charge in [0.1, 0.15) is 11.6 Å². The van der Waals surface area contributed by atoms with Crippen molar-refractivity contribution in [3.05, 3.63) is 17.6 Å². The van der Waals surface area contributed by atoms with E-state index >= 15 is 0 Å². The number of rotatable bonds is 3. The van der Waals surface area contributed by atoms with Crippen LogP contribution in [0.1, 0.15) is 38.7 Å². The molecule has 2 heterocycles. The van der Waals surface area contributed by atoms with Gasteiger partial charge in [-0.25, -0.2) is 9.97 Å². The first-order valence-corrected chi connectivity index (χ1v) is 8.36. The zero-order valence-corrected chi connectivity index (χ0v) is 13.8. The number of thioether (sulfide) groups is 1. The average molecular weight is 295 g/mol. The molecule has 0 radical (unpaired) electrons. The molecule has 0 aromatic carbocycles. The molecule has 1 aliphatic rings. The number of hydrogen-bond donors (Lipinski definition) is 0. The van der Waals surface area contributed by atoms with Crippen LogP contribution in [0.2, 0.25) is 0 Å². The van der Waals surface area contributed by atoms with Crippen molar-refractivity contribution in [2.45, 2.75) is 39.2 Å². The van der Waals surface area contributed by atoms with Crippen molar-refractivity contribution in [3.63, 3.8) is 0 Å². The van der Waals surface area contributed by atoms with Gasteiger partial charge in [0.25, 0.3) is 0 Å². The molecule has 0 atom stereocenters. The molecule has 0 amide bonds. The average Bonchev–Trinajstić information content (AvgIpc) is 2.66. The summed E-state index contributed by atoms with van der Waals surface area (Å²) in [7, 11) is 1.71. The lowest BCUT2D eigenvalue weighted by Crippen LogP contribution is -2.28. The van der Waals surface area contributed by atoms with Gasteiger partial charge in [-0.05, 0) is 12.2 Å². The van der Waals surface area contributed by atoms with Crippen LogP contribution in [0.25, 0.3) is 0 Å². The third kappa shape index (κ3) is 4.09. The fourth-order valence-electron chi connectivity index (χ4n) is 2.18. The van der Waals surface area contributed by atoms with E-state index in [4.69, 9.17) is 9.72 Å². The third-order valence-corrected chi connectivity index (χ3v) is 4.32. The lowest BCUT2D eigenvalue weighted by Gasteiger charge is -2.25. The van der Waals surface area contributed by atoms with Crippen LogP contribution in [0, 0.1) is 0 Å². The minimum Gasteiger partial charge on any atom is -0.378 e. The molecular weight excluding hydrogens is 270 g/mol. The van der Waals surface area contributed by atoms with E-state index in [0.717, 1.165) is 30.4 Å². The normalized spacial score (nSPS) is 17.1. The smallest absolute Gasteiger partial charge is 0.136 e. The first-order valence-electron chi connectivity index (χ1n) is 7.21. The van der Waals surface area contributed by atoms with E-state index in [1.54, 1.807) is 7.11 Å². The number of aromatic nitrogens is 2. The summed E-state index contributed by atoms with van der Waals surface area (Å²) in [5, 5.41) is 0. The Morgan fingerprint density at radius 1 is 1.25 bits per heavy atom. The number of ether oxygens (including phenoxy) is 1. The largest absolute Gasteiger partial charge is 0.378 e. The summed E-state index contributed by atoms with van der Waals surface area (Å²) in [4.78, 5) is 11.8. The maximum Gasteiger partial charge on any atom is 0.136 e. The summed E-state index contributed by atoms with van der Waals surface area (Å²) in [6.07, 6.45) is 1.22. The number of nitrogens with zero attached hydrogens (tertiary/aromatic N) is 3. The first kappa shape index (κ1) is 15.6. The van der Waals surface area contributed by atoms with Crippen LogP contribution in [0.15, 0.2) is 6.07 Å². The maximum absolute atomic E-state index is 5.25. The highest BCUT2D eigenvalue weighted by Crippen LogP contribution is 2.24. The van der Waals surface area contributed by atoms with Gasteiger partial charge in [0.2, 0.25) is 0 Å². The fraction of sp³-hybridized carbons (Fsp3) is 0.733. The highest BCUT2D eigenvalue weighted by atomic mass is 32.2. The van der Waals surface area contributed by atoms with Gasteiger partial charge in [0.15, 0.2) is 0 Å². The molecule has 0 N–H and O–H groups in total. The predicted octanol–water partition coefficient (Wildman–Crippen LogP) is 2.86. The molecule has 0 saturated carbocycles. The molecule has 0 aliphatic carbocycles. The number of anilines is 1. The van der Waals surface area contributed by atoms with Crippen LogP contribution in [-0.4, -0.2) is 41.7 Å². The van der Waals surface area contributed by atoms with Crippen molar-refractivity contribution in [2.75, 3.05) is 36.6 Å². The van der Waals surface area contributed by atoms with Crippen molar-refractivity contribution in [2.24, 2.45) is 0 Å². The van der Waals surface area contributed by atoms with Gasteiger partial charge in [-0.2, -0.15) is 11.8 Å². The molecule has 5 heteroatoms. The van der Waals surface area contributed by atoms with E-state index in [0.29, 0.717) is 6.61 Å². The van der Waals surface area contributed by atoms with Crippen LogP contribution in [-0.2, 0) is 16.8 Å². The van der Waals surface area contributed by atoms with Gasteiger partial charge in [0.05, 0.1) is 12.3 Å². The molecular formula is C15H25N3OS. The topological polar surface area (TPSA) is 38.2 Å². The molecule has 1 fully saturated rings. The summed E-state index contributed by atoms with van der Waals surface area (Å²) in [6, 6.07) is 2.08. The standard InChI is InChI=1S/C15H25N3OS/c1-15(2,3)14-16-12(11-19-4)10-13(17-14)18-6-5-8-20-9-7-18/h10H,5-9,11H2,1-4H3. The van der Waals surface area contributed by atoms with Crippen LogP contribution in [0.5, 0.6) is 0 Å². The van der Waals surface area contributed by atoms with E-state index in [2.05, 4.69) is 36.7 Å². The Hall–Kier alpha value is -0.810. The quantitative estimate of drug-likeness (QED) is 0.857. The van der Waals surface area contributed by atoms with Crippen molar-refractivity contribution < 1.29 is 4.74 Å². The Bertz CT molecular complexity index is 437. The summed E-state index contributed by atoms with van der Waals surface area (Å²) >= 11 is 2.03. The predicted molar refractivity (Wildman–Crippen MR) is 85.6 cm³/mol. The van der Waals surface area contributed by atoms with Gasteiger partial charge in [0, 0.05) is 37.4 Å². The molecule has 112 valence electrons. The molecule has 2 rings (SSSR count). The second-order valence-corrected chi connectivity index (χ2v) is 7.40.